The molecule has 20 heavy (non-hydrogen) atoms. The van der Waals surface area contributed by atoms with Gasteiger partial charge in [0.05, 0.1) is 6.10 Å². The lowest BCUT2D eigenvalue weighted by Crippen LogP contribution is -2.56. The van der Waals surface area contributed by atoms with Crippen LogP contribution in [0.2, 0.25) is 0 Å². The third-order valence-electron chi connectivity index (χ3n) is 5.48. The van der Waals surface area contributed by atoms with E-state index >= 15 is 0 Å². The quantitative estimate of drug-likeness (QED) is 0.839. The van der Waals surface area contributed by atoms with Crippen LogP contribution in [0.25, 0.3) is 0 Å². The fraction of sp³-hybridized carbons (Fsp3) is 1.00. The van der Waals surface area contributed by atoms with Crippen LogP contribution in [0, 0.1) is 11.8 Å². The van der Waals surface area contributed by atoms with E-state index in [0.717, 1.165) is 24.9 Å². The zero-order valence-corrected chi connectivity index (χ0v) is 13.9. The van der Waals surface area contributed by atoms with Crippen LogP contribution in [0.5, 0.6) is 0 Å². The molecule has 0 amide bonds. The molecule has 4 atom stereocenters. The molecule has 1 aliphatic carbocycles. The molecule has 3 nitrogen and oxygen atoms in total. The minimum absolute atomic E-state index is 0.449. The van der Waals surface area contributed by atoms with Gasteiger partial charge in [-0.25, -0.2) is 0 Å². The van der Waals surface area contributed by atoms with Crippen LogP contribution >= 0.6 is 0 Å². The topological polar surface area (TPSA) is 24.5 Å². The van der Waals surface area contributed by atoms with Crippen molar-refractivity contribution in [2.24, 2.45) is 11.8 Å². The molecule has 0 bridgehead atoms. The first-order valence-corrected chi connectivity index (χ1v) is 8.65. The maximum atomic E-state index is 5.62. The van der Waals surface area contributed by atoms with Crippen LogP contribution in [0.1, 0.15) is 52.9 Å². The predicted molar refractivity (Wildman–Crippen MR) is 85.0 cm³/mol. The van der Waals surface area contributed by atoms with E-state index in [1.165, 1.54) is 38.6 Å². The molecule has 4 unspecified atom stereocenters. The third kappa shape index (κ3) is 3.96. The summed E-state index contributed by atoms with van der Waals surface area (Å²) < 4.78 is 5.62. The smallest absolute Gasteiger partial charge is 0.0698 e. The monoisotopic (exact) mass is 282 g/mol. The Kier molecular flexibility index (Phi) is 6.31. The molecule has 2 aliphatic rings. The van der Waals surface area contributed by atoms with Crippen molar-refractivity contribution in [2.75, 3.05) is 26.7 Å². The number of methoxy groups -OCH3 is 1. The summed E-state index contributed by atoms with van der Waals surface area (Å²) in [6.45, 7) is 10.5. The highest BCUT2D eigenvalue weighted by molar-refractivity contribution is 4.93. The van der Waals surface area contributed by atoms with E-state index in [1.54, 1.807) is 0 Å². The standard InChI is InChI=1S/C17H34N2O/c1-5-18-16-9-8-14(13(2)3)11-17(16)19-10-6-7-15(12-19)20-4/h13-18H,5-12H2,1-4H3. The van der Waals surface area contributed by atoms with E-state index in [-0.39, 0.29) is 0 Å². The van der Waals surface area contributed by atoms with E-state index in [2.05, 4.69) is 31.0 Å². The number of rotatable bonds is 5. The van der Waals surface area contributed by atoms with Crippen LogP contribution in [0.3, 0.4) is 0 Å². The van der Waals surface area contributed by atoms with Crippen molar-refractivity contribution < 1.29 is 4.74 Å². The zero-order valence-electron chi connectivity index (χ0n) is 13.9. The van der Waals surface area contributed by atoms with Crippen molar-refractivity contribution in [3.63, 3.8) is 0 Å². The number of nitrogens with zero attached hydrogens (tertiary/aromatic N) is 1. The van der Waals surface area contributed by atoms with Crippen molar-refractivity contribution in [1.29, 1.82) is 0 Å². The molecule has 1 N–H and O–H groups in total. The van der Waals surface area contributed by atoms with Gasteiger partial charge in [-0.2, -0.15) is 0 Å². The van der Waals surface area contributed by atoms with Crippen LogP contribution in [-0.2, 0) is 4.74 Å². The van der Waals surface area contributed by atoms with Gasteiger partial charge >= 0.3 is 0 Å². The fourth-order valence-electron chi connectivity index (χ4n) is 4.15. The normalized spacial score (nSPS) is 36.5. The van der Waals surface area contributed by atoms with Gasteiger partial charge in [0.2, 0.25) is 0 Å². The average Bonchev–Trinajstić information content (AvgIpc) is 2.48. The SMILES string of the molecule is CCNC1CCC(C(C)C)CC1N1CCCC(OC)C1. The van der Waals surface area contributed by atoms with Gasteiger partial charge in [0.15, 0.2) is 0 Å². The van der Waals surface area contributed by atoms with Gasteiger partial charge in [0.25, 0.3) is 0 Å². The number of hydrogen-bond acceptors (Lipinski definition) is 3. The molecule has 2 fully saturated rings. The molecule has 1 saturated carbocycles. The third-order valence-corrected chi connectivity index (χ3v) is 5.48. The summed E-state index contributed by atoms with van der Waals surface area (Å²) in [5.41, 5.74) is 0. The minimum Gasteiger partial charge on any atom is -0.380 e. The van der Waals surface area contributed by atoms with E-state index in [0.29, 0.717) is 18.2 Å². The summed E-state index contributed by atoms with van der Waals surface area (Å²) >= 11 is 0. The number of nitrogens with one attached hydrogen (secondary N) is 1. The molecule has 2 rings (SSSR count). The number of likely N-dealkylation sites (tertiary alicyclic amines) is 1. The zero-order chi connectivity index (χ0) is 14.5. The Labute approximate surface area is 125 Å². The summed E-state index contributed by atoms with van der Waals surface area (Å²) in [6.07, 6.45) is 7.08. The summed E-state index contributed by atoms with van der Waals surface area (Å²) in [7, 11) is 1.87. The minimum atomic E-state index is 0.449. The van der Waals surface area contributed by atoms with Gasteiger partial charge in [0.1, 0.15) is 0 Å². The molecule has 3 heteroatoms. The maximum absolute atomic E-state index is 5.62. The molecule has 0 spiro atoms. The van der Waals surface area contributed by atoms with Crippen LogP contribution in [-0.4, -0.2) is 49.8 Å². The molecule has 0 aromatic rings. The van der Waals surface area contributed by atoms with E-state index in [9.17, 15) is 0 Å². The highest BCUT2D eigenvalue weighted by Crippen LogP contribution is 2.34. The van der Waals surface area contributed by atoms with Crippen molar-refractivity contribution in [3.05, 3.63) is 0 Å². The summed E-state index contributed by atoms with van der Waals surface area (Å²) in [6, 6.07) is 1.40. The lowest BCUT2D eigenvalue weighted by Gasteiger charge is -2.46. The van der Waals surface area contributed by atoms with Crippen molar-refractivity contribution >= 4 is 0 Å². The van der Waals surface area contributed by atoms with Gasteiger partial charge in [0, 0.05) is 25.7 Å². The van der Waals surface area contributed by atoms with Gasteiger partial charge in [-0.15, -0.1) is 0 Å². The lowest BCUT2D eigenvalue weighted by molar-refractivity contribution is -0.00867. The summed E-state index contributed by atoms with van der Waals surface area (Å²) in [4.78, 5) is 2.72. The first-order chi connectivity index (χ1) is 9.65. The maximum Gasteiger partial charge on any atom is 0.0698 e. The van der Waals surface area contributed by atoms with Crippen LogP contribution in [0.4, 0.5) is 0 Å². The Morgan fingerprint density at radius 2 is 2.05 bits per heavy atom. The highest BCUT2D eigenvalue weighted by Gasteiger charge is 2.36. The average molecular weight is 282 g/mol. The van der Waals surface area contributed by atoms with Crippen molar-refractivity contribution in [1.82, 2.24) is 10.2 Å². The lowest BCUT2D eigenvalue weighted by atomic mass is 9.76. The van der Waals surface area contributed by atoms with E-state index in [4.69, 9.17) is 4.74 Å². The number of likely N-dealkylation sites (N-methyl/N-ethyl adjacent to an activating group) is 1. The number of hydrogen-bond donors (Lipinski definition) is 1. The van der Waals surface area contributed by atoms with Gasteiger partial charge in [-0.05, 0) is 57.0 Å². The molecule has 1 heterocycles. The molecule has 0 aromatic carbocycles. The molecule has 118 valence electrons. The Balaban J connectivity index is 2.02. The van der Waals surface area contributed by atoms with E-state index < -0.39 is 0 Å². The molecule has 1 aliphatic heterocycles. The number of piperidine rings is 1. The van der Waals surface area contributed by atoms with Crippen molar-refractivity contribution in [3.8, 4) is 0 Å². The van der Waals surface area contributed by atoms with Gasteiger partial charge in [-0.3, -0.25) is 4.90 Å². The Morgan fingerprint density at radius 1 is 1.25 bits per heavy atom. The number of ether oxygens (including phenoxy) is 1. The Bertz CT molecular complexity index is 282. The van der Waals surface area contributed by atoms with Gasteiger partial charge in [-0.1, -0.05) is 20.8 Å². The Hall–Kier alpha value is -0.120. The molecule has 0 radical (unpaired) electrons. The first kappa shape index (κ1) is 16.3. The van der Waals surface area contributed by atoms with E-state index in [1.807, 2.05) is 7.11 Å². The fourth-order valence-corrected chi connectivity index (χ4v) is 4.15. The predicted octanol–water partition coefficient (Wildman–Crippen LogP) is 2.90. The van der Waals surface area contributed by atoms with Crippen LogP contribution < -0.4 is 5.32 Å². The first-order valence-electron chi connectivity index (χ1n) is 8.65. The largest absolute Gasteiger partial charge is 0.380 e. The highest BCUT2D eigenvalue weighted by atomic mass is 16.5. The molecule has 0 aromatic heterocycles. The second-order valence-corrected chi connectivity index (χ2v) is 7.04. The summed E-state index contributed by atoms with van der Waals surface area (Å²) in [5, 5.41) is 3.74. The molecule has 1 saturated heterocycles. The van der Waals surface area contributed by atoms with Crippen LogP contribution in [0.15, 0.2) is 0 Å². The van der Waals surface area contributed by atoms with Gasteiger partial charge < -0.3 is 10.1 Å². The summed E-state index contributed by atoms with van der Waals surface area (Å²) in [5.74, 6) is 1.72. The Morgan fingerprint density at radius 3 is 2.70 bits per heavy atom. The van der Waals surface area contributed by atoms with Crippen molar-refractivity contribution in [2.45, 2.75) is 71.1 Å². The molecular weight excluding hydrogens is 248 g/mol. The molecular formula is C17H34N2O. The second-order valence-electron chi connectivity index (χ2n) is 7.04. The second kappa shape index (κ2) is 7.77.